The Balaban J connectivity index is 2.77. The van der Waals surface area contributed by atoms with Crippen LogP contribution in [0.1, 0.15) is 18.9 Å². The third-order valence-electron chi connectivity index (χ3n) is 2.74. The average Bonchev–Trinajstić information content (AvgIpc) is 2.42. The van der Waals surface area contributed by atoms with E-state index in [4.69, 9.17) is 14.7 Å². The second kappa shape index (κ2) is 7.63. The fraction of sp³-hybridized carbons (Fsp3) is 0.500. The van der Waals surface area contributed by atoms with Crippen LogP contribution >= 0.6 is 0 Å². The van der Waals surface area contributed by atoms with Crippen molar-refractivity contribution in [3.8, 4) is 11.5 Å². The van der Waals surface area contributed by atoms with Gasteiger partial charge >= 0.3 is 0 Å². The molecule has 1 N–H and O–H groups in total. The van der Waals surface area contributed by atoms with Crippen molar-refractivity contribution in [2.24, 2.45) is 5.16 Å². The highest BCUT2D eigenvalue weighted by Crippen LogP contribution is 2.25. The standard InChI is InChI=1S/C14H22N2O3/c1-11(15-17)13-7-6-12(18-4)10-14(13)19-9-5-8-16(2)3/h6-7,10,17H,5,8-9H2,1-4H3/b15-11+. The molecule has 5 nitrogen and oxygen atoms in total. The van der Waals surface area contributed by atoms with Gasteiger partial charge in [-0.15, -0.1) is 0 Å². The van der Waals surface area contributed by atoms with Crippen LogP contribution in [0, 0.1) is 0 Å². The molecule has 0 aromatic heterocycles. The Morgan fingerprint density at radius 1 is 1.37 bits per heavy atom. The molecular formula is C14H22N2O3. The largest absolute Gasteiger partial charge is 0.497 e. The third-order valence-corrected chi connectivity index (χ3v) is 2.74. The molecule has 5 heteroatoms. The van der Waals surface area contributed by atoms with Crippen LogP contribution in [-0.2, 0) is 0 Å². The maximum atomic E-state index is 8.88. The van der Waals surface area contributed by atoms with Gasteiger partial charge in [-0.2, -0.15) is 0 Å². The van der Waals surface area contributed by atoms with Crippen molar-refractivity contribution in [1.82, 2.24) is 4.90 Å². The van der Waals surface area contributed by atoms with Crippen LogP contribution in [0.2, 0.25) is 0 Å². The Kier molecular flexibility index (Phi) is 6.15. The van der Waals surface area contributed by atoms with Gasteiger partial charge in [-0.1, -0.05) is 5.16 Å². The first-order valence-electron chi connectivity index (χ1n) is 6.23. The van der Waals surface area contributed by atoms with Crippen LogP contribution in [0.3, 0.4) is 0 Å². The van der Waals surface area contributed by atoms with E-state index in [1.54, 1.807) is 20.1 Å². The average molecular weight is 266 g/mol. The lowest BCUT2D eigenvalue weighted by molar-refractivity contribution is 0.279. The minimum atomic E-state index is 0.519. The van der Waals surface area contributed by atoms with Crippen LogP contribution in [0.5, 0.6) is 11.5 Å². The Bertz CT molecular complexity index is 431. The van der Waals surface area contributed by atoms with Crippen molar-refractivity contribution in [1.29, 1.82) is 0 Å². The fourth-order valence-electron chi connectivity index (χ4n) is 1.66. The van der Waals surface area contributed by atoms with Crippen LogP contribution < -0.4 is 9.47 Å². The molecule has 0 fully saturated rings. The van der Waals surface area contributed by atoms with E-state index in [9.17, 15) is 0 Å². The summed E-state index contributed by atoms with van der Waals surface area (Å²) in [4.78, 5) is 2.11. The lowest BCUT2D eigenvalue weighted by Gasteiger charge is -2.14. The van der Waals surface area contributed by atoms with E-state index in [-0.39, 0.29) is 0 Å². The summed E-state index contributed by atoms with van der Waals surface area (Å²) < 4.78 is 10.9. The Morgan fingerprint density at radius 2 is 2.11 bits per heavy atom. The summed E-state index contributed by atoms with van der Waals surface area (Å²) in [5.41, 5.74) is 1.29. The molecule has 1 rings (SSSR count). The Labute approximate surface area is 114 Å². The molecule has 1 aromatic rings. The maximum absolute atomic E-state index is 8.88. The molecule has 0 aliphatic heterocycles. The number of nitrogens with zero attached hydrogens (tertiary/aromatic N) is 2. The lowest BCUT2D eigenvalue weighted by Crippen LogP contribution is -2.16. The van der Waals surface area contributed by atoms with E-state index in [1.807, 2.05) is 26.2 Å². The normalized spacial score (nSPS) is 11.7. The first kappa shape index (κ1) is 15.3. The summed E-state index contributed by atoms with van der Waals surface area (Å²) in [7, 11) is 5.66. The van der Waals surface area contributed by atoms with E-state index < -0.39 is 0 Å². The highest BCUT2D eigenvalue weighted by molar-refractivity contribution is 6.00. The molecule has 0 heterocycles. The topological polar surface area (TPSA) is 54.3 Å². The van der Waals surface area contributed by atoms with E-state index in [0.717, 1.165) is 24.3 Å². The number of methoxy groups -OCH3 is 1. The zero-order valence-electron chi connectivity index (χ0n) is 12.0. The quantitative estimate of drug-likeness (QED) is 0.356. The summed E-state index contributed by atoms with van der Waals surface area (Å²) in [6.45, 7) is 3.30. The van der Waals surface area contributed by atoms with Crippen molar-refractivity contribution >= 4 is 5.71 Å². The van der Waals surface area contributed by atoms with Crippen LogP contribution in [0.15, 0.2) is 23.4 Å². The van der Waals surface area contributed by atoms with Gasteiger partial charge in [0.25, 0.3) is 0 Å². The SMILES string of the molecule is COc1ccc(/C(C)=N/O)c(OCCCN(C)C)c1. The van der Waals surface area contributed by atoms with Gasteiger partial charge in [-0.25, -0.2) is 0 Å². The Hall–Kier alpha value is -1.75. The van der Waals surface area contributed by atoms with Gasteiger partial charge in [-0.3, -0.25) is 0 Å². The molecule has 0 spiro atoms. The summed E-state index contributed by atoms with van der Waals surface area (Å²) in [6.07, 6.45) is 0.930. The summed E-state index contributed by atoms with van der Waals surface area (Å²) >= 11 is 0. The number of oxime groups is 1. The van der Waals surface area contributed by atoms with Crippen molar-refractivity contribution in [3.05, 3.63) is 23.8 Å². The van der Waals surface area contributed by atoms with Gasteiger partial charge in [-0.05, 0) is 39.6 Å². The van der Waals surface area contributed by atoms with Gasteiger partial charge in [0, 0.05) is 18.2 Å². The molecule has 0 amide bonds. The minimum absolute atomic E-state index is 0.519. The third kappa shape index (κ3) is 4.79. The van der Waals surface area contributed by atoms with Crippen molar-refractivity contribution in [2.45, 2.75) is 13.3 Å². The van der Waals surface area contributed by atoms with Gasteiger partial charge in [0.15, 0.2) is 0 Å². The van der Waals surface area contributed by atoms with Crippen LogP contribution in [0.25, 0.3) is 0 Å². The van der Waals surface area contributed by atoms with Gasteiger partial charge in [0.05, 0.1) is 19.4 Å². The van der Waals surface area contributed by atoms with E-state index >= 15 is 0 Å². The molecule has 0 aliphatic carbocycles. The predicted octanol–water partition coefficient (Wildman–Crippen LogP) is 2.22. The maximum Gasteiger partial charge on any atom is 0.132 e. The second-order valence-electron chi connectivity index (χ2n) is 4.55. The zero-order valence-corrected chi connectivity index (χ0v) is 12.0. The molecule has 106 valence electrons. The molecule has 19 heavy (non-hydrogen) atoms. The first-order chi connectivity index (χ1) is 9.08. The zero-order chi connectivity index (χ0) is 14.3. The number of ether oxygens (including phenoxy) is 2. The highest BCUT2D eigenvalue weighted by Gasteiger charge is 2.09. The van der Waals surface area contributed by atoms with Crippen molar-refractivity contribution in [2.75, 3.05) is 34.4 Å². The molecular weight excluding hydrogens is 244 g/mol. The number of benzene rings is 1. The molecule has 0 atom stereocenters. The molecule has 0 unspecified atom stereocenters. The van der Waals surface area contributed by atoms with Crippen molar-refractivity contribution < 1.29 is 14.7 Å². The molecule has 0 saturated carbocycles. The minimum Gasteiger partial charge on any atom is -0.497 e. The monoisotopic (exact) mass is 266 g/mol. The summed E-state index contributed by atoms with van der Waals surface area (Å²) in [5, 5.41) is 12.1. The van der Waals surface area contributed by atoms with Crippen LogP contribution in [-0.4, -0.2) is 50.2 Å². The molecule has 0 aliphatic rings. The lowest BCUT2D eigenvalue weighted by atomic mass is 10.1. The van der Waals surface area contributed by atoms with Gasteiger partial charge < -0.3 is 19.6 Å². The summed E-state index contributed by atoms with van der Waals surface area (Å²) in [6, 6.07) is 5.45. The fourth-order valence-corrected chi connectivity index (χ4v) is 1.66. The highest BCUT2D eigenvalue weighted by atomic mass is 16.5. The van der Waals surface area contributed by atoms with Gasteiger partial charge in [0.2, 0.25) is 0 Å². The Morgan fingerprint density at radius 3 is 2.68 bits per heavy atom. The van der Waals surface area contributed by atoms with Gasteiger partial charge in [0.1, 0.15) is 11.5 Å². The molecule has 1 aromatic carbocycles. The molecule has 0 saturated heterocycles. The number of hydrogen-bond acceptors (Lipinski definition) is 5. The smallest absolute Gasteiger partial charge is 0.132 e. The van der Waals surface area contributed by atoms with E-state index in [2.05, 4.69) is 10.1 Å². The van der Waals surface area contributed by atoms with Crippen molar-refractivity contribution in [3.63, 3.8) is 0 Å². The molecule has 0 radical (unpaired) electrons. The second-order valence-corrected chi connectivity index (χ2v) is 4.55. The van der Waals surface area contributed by atoms with Crippen LogP contribution in [0.4, 0.5) is 0 Å². The first-order valence-corrected chi connectivity index (χ1v) is 6.23. The number of rotatable bonds is 7. The number of hydrogen-bond donors (Lipinski definition) is 1. The predicted molar refractivity (Wildman–Crippen MR) is 75.7 cm³/mol. The van der Waals surface area contributed by atoms with E-state index in [0.29, 0.717) is 18.1 Å². The summed E-state index contributed by atoms with van der Waals surface area (Å²) in [5.74, 6) is 1.39. The van der Waals surface area contributed by atoms with E-state index in [1.165, 1.54) is 0 Å². The molecule has 0 bridgehead atoms.